The molecule has 0 saturated heterocycles. The van der Waals surface area contributed by atoms with Gasteiger partial charge in [-0.1, -0.05) is 17.7 Å². The van der Waals surface area contributed by atoms with Gasteiger partial charge in [0, 0.05) is 11.1 Å². The van der Waals surface area contributed by atoms with Crippen molar-refractivity contribution >= 4 is 17.6 Å². The zero-order valence-corrected chi connectivity index (χ0v) is 12.2. The van der Waals surface area contributed by atoms with Crippen LogP contribution in [0.25, 0.3) is 0 Å². The zero-order valence-electron chi connectivity index (χ0n) is 11.4. The summed E-state index contributed by atoms with van der Waals surface area (Å²) in [5.74, 6) is -0.347. The highest BCUT2D eigenvalue weighted by Gasteiger charge is 2.20. The molecule has 5 heteroatoms. The Bertz CT molecular complexity index is 454. The number of rotatable bonds is 5. The van der Waals surface area contributed by atoms with Crippen molar-refractivity contribution in [2.45, 2.75) is 38.8 Å². The Labute approximate surface area is 118 Å². The number of carbonyl (C=O) groups excluding carboxylic acids is 1. The van der Waals surface area contributed by atoms with Crippen LogP contribution in [-0.2, 0) is 15.1 Å². The van der Waals surface area contributed by atoms with Gasteiger partial charge in [0.1, 0.15) is 0 Å². The molecule has 0 saturated carbocycles. The van der Waals surface area contributed by atoms with Crippen LogP contribution in [0, 0.1) is 0 Å². The number of halogens is 1. The van der Waals surface area contributed by atoms with Crippen LogP contribution in [0.2, 0.25) is 5.02 Å². The van der Waals surface area contributed by atoms with Gasteiger partial charge < -0.3 is 15.6 Å². The topological polar surface area (TPSA) is 72.5 Å². The lowest BCUT2D eigenvalue weighted by atomic mass is 9.94. The van der Waals surface area contributed by atoms with Crippen LogP contribution < -0.4 is 5.73 Å². The van der Waals surface area contributed by atoms with Crippen LogP contribution in [0.5, 0.6) is 0 Å². The third-order valence-electron chi connectivity index (χ3n) is 2.75. The number of ether oxygens (including phenoxy) is 1. The van der Waals surface area contributed by atoms with Crippen molar-refractivity contribution in [2.24, 2.45) is 5.73 Å². The molecule has 1 aromatic rings. The third-order valence-corrected chi connectivity index (χ3v) is 2.96. The Balaban J connectivity index is 2.94. The van der Waals surface area contributed by atoms with E-state index >= 15 is 0 Å². The second-order valence-corrected chi connectivity index (χ2v) is 5.38. The van der Waals surface area contributed by atoms with Gasteiger partial charge in [-0.05, 0) is 44.0 Å². The predicted octanol–water partition coefficient (Wildman–Crippen LogP) is 2.52. The van der Waals surface area contributed by atoms with Crippen LogP contribution in [0.1, 0.15) is 44.4 Å². The van der Waals surface area contributed by atoms with Gasteiger partial charge in [0.05, 0.1) is 18.6 Å². The molecule has 0 aliphatic carbocycles. The van der Waals surface area contributed by atoms with Crippen molar-refractivity contribution in [3.8, 4) is 0 Å². The summed E-state index contributed by atoms with van der Waals surface area (Å²) < 4.78 is 4.86. The maximum atomic E-state index is 11.4. The van der Waals surface area contributed by atoms with Gasteiger partial charge in [-0.3, -0.25) is 4.79 Å². The summed E-state index contributed by atoms with van der Waals surface area (Å²) in [6.45, 7) is 5.41. The van der Waals surface area contributed by atoms with E-state index in [1.54, 1.807) is 39.0 Å². The number of aliphatic hydroxyl groups is 1. The maximum Gasteiger partial charge on any atom is 0.307 e. The van der Waals surface area contributed by atoms with Crippen molar-refractivity contribution in [1.29, 1.82) is 0 Å². The number of carbonyl (C=O) groups is 1. The quantitative estimate of drug-likeness (QED) is 0.816. The molecule has 1 atom stereocenters. The van der Waals surface area contributed by atoms with Gasteiger partial charge in [-0.15, -0.1) is 0 Å². The second-order valence-electron chi connectivity index (χ2n) is 4.95. The van der Waals surface area contributed by atoms with E-state index < -0.39 is 11.6 Å². The first-order valence-corrected chi connectivity index (χ1v) is 6.56. The highest BCUT2D eigenvalue weighted by Crippen LogP contribution is 2.27. The minimum Gasteiger partial charge on any atom is -0.466 e. The van der Waals surface area contributed by atoms with Crippen LogP contribution in [0.4, 0.5) is 0 Å². The summed E-state index contributed by atoms with van der Waals surface area (Å²) in [5, 5.41) is 10.5. The Hall–Kier alpha value is -1.10. The van der Waals surface area contributed by atoms with Crippen LogP contribution in [0.15, 0.2) is 18.2 Å². The molecule has 4 nitrogen and oxygen atoms in total. The van der Waals surface area contributed by atoms with Crippen LogP contribution >= 0.6 is 11.6 Å². The van der Waals surface area contributed by atoms with E-state index in [4.69, 9.17) is 22.1 Å². The highest BCUT2D eigenvalue weighted by molar-refractivity contribution is 6.30. The molecule has 1 rings (SSSR count). The lowest BCUT2D eigenvalue weighted by Crippen LogP contribution is -2.20. The molecule has 0 radical (unpaired) electrons. The first kappa shape index (κ1) is 16.0. The summed E-state index contributed by atoms with van der Waals surface area (Å²) in [4.78, 5) is 11.4. The molecule has 0 fully saturated rings. The second kappa shape index (κ2) is 6.37. The number of nitrogens with two attached hydrogens (primary N) is 1. The first-order valence-electron chi connectivity index (χ1n) is 6.18. The smallest absolute Gasteiger partial charge is 0.307 e. The molecule has 19 heavy (non-hydrogen) atoms. The minimum atomic E-state index is -1.01. The monoisotopic (exact) mass is 285 g/mol. The Kier molecular flexibility index (Phi) is 5.35. The van der Waals surface area contributed by atoms with E-state index in [0.29, 0.717) is 22.8 Å². The number of hydrogen-bond acceptors (Lipinski definition) is 4. The van der Waals surface area contributed by atoms with Crippen molar-refractivity contribution in [1.82, 2.24) is 0 Å². The van der Waals surface area contributed by atoms with E-state index in [9.17, 15) is 9.90 Å². The number of hydrogen-bond donors (Lipinski definition) is 2. The lowest BCUT2D eigenvalue weighted by Gasteiger charge is -2.21. The number of benzene rings is 1. The summed E-state index contributed by atoms with van der Waals surface area (Å²) in [6.07, 6.45) is 0.0828. The molecule has 0 amide bonds. The van der Waals surface area contributed by atoms with Crippen molar-refractivity contribution in [3.63, 3.8) is 0 Å². The zero-order chi connectivity index (χ0) is 14.6. The normalized spacial score (nSPS) is 13.2. The van der Waals surface area contributed by atoms with E-state index in [2.05, 4.69) is 0 Å². The molecule has 0 heterocycles. The van der Waals surface area contributed by atoms with Gasteiger partial charge >= 0.3 is 5.97 Å². The summed E-state index contributed by atoms with van der Waals surface area (Å²) in [5.41, 5.74) is 6.32. The predicted molar refractivity (Wildman–Crippen MR) is 74.9 cm³/mol. The fraction of sp³-hybridized carbons (Fsp3) is 0.500. The molecule has 0 bridgehead atoms. The minimum absolute atomic E-state index is 0.0828. The Morgan fingerprint density at radius 3 is 2.63 bits per heavy atom. The van der Waals surface area contributed by atoms with Gasteiger partial charge in [0.2, 0.25) is 0 Å². The fourth-order valence-electron chi connectivity index (χ4n) is 1.70. The SMILES string of the molecule is CCOC(=O)C[C@H](N)c1cc(Cl)cc(C(C)(C)O)c1. The van der Waals surface area contributed by atoms with E-state index in [1.807, 2.05) is 0 Å². The molecule has 0 aliphatic rings. The lowest BCUT2D eigenvalue weighted by molar-refractivity contribution is -0.143. The average molecular weight is 286 g/mol. The fourth-order valence-corrected chi connectivity index (χ4v) is 1.94. The molecule has 3 N–H and O–H groups in total. The van der Waals surface area contributed by atoms with E-state index in [-0.39, 0.29) is 12.4 Å². The average Bonchev–Trinajstić information content (AvgIpc) is 2.27. The third kappa shape index (κ3) is 4.82. The summed E-state index contributed by atoms with van der Waals surface area (Å²) in [7, 11) is 0. The van der Waals surface area contributed by atoms with Crippen molar-refractivity contribution in [3.05, 3.63) is 34.3 Å². The molecule has 0 unspecified atom stereocenters. The molecule has 0 aromatic heterocycles. The van der Waals surface area contributed by atoms with Gasteiger partial charge in [0.15, 0.2) is 0 Å². The molecule has 106 valence electrons. The number of esters is 1. The molecular weight excluding hydrogens is 266 g/mol. The van der Waals surface area contributed by atoms with Crippen LogP contribution in [0.3, 0.4) is 0 Å². The first-order chi connectivity index (χ1) is 8.74. The van der Waals surface area contributed by atoms with Crippen molar-refractivity contribution in [2.75, 3.05) is 6.61 Å². The van der Waals surface area contributed by atoms with E-state index in [0.717, 1.165) is 0 Å². The molecule has 0 aliphatic heterocycles. The van der Waals surface area contributed by atoms with Crippen molar-refractivity contribution < 1.29 is 14.6 Å². The van der Waals surface area contributed by atoms with Gasteiger partial charge in [-0.25, -0.2) is 0 Å². The summed E-state index contributed by atoms with van der Waals surface area (Å²) in [6, 6.07) is 4.64. The molecular formula is C14H20ClNO3. The van der Waals surface area contributed by atoms with Gasteiger partial charge in [-0.2, -0.15) is 0 Å². The highest BCUT2D eigenvalue weighted by atomic mass is 35.5. The summed E-state index contributed by atoms with van der Waals surface area (Å²) >= 11 is 6.01. The Morgan fingerprint density at radius 2 is 2.11 bits per heavy atom. The standard InChI is InChI=1S/C14H20ClNO3/c1-4-19-13(17)8-12(16)9-5-10(14(2,3)18)7-11(15)6-9/h5-7,12,18H,4,8,16H2,1-3H3/t12-/m0/s1. The van der Waals surface area contributed by atoms with Gasteiger partial charge in [0.25, 0.3) is 0 Å². The largest absolute Gasteiger partial charge is 0.466 e. The van der Waals surface area contributed by atoms with E-state index in [1.165, 1.54) is 0 Å². The maximum absolute atomic E-state index is 11.4. The molecule has 1 aromatic carbocycles. The molecule has 0 spiro atoms. The van der Waals surface area contributed by atoms with Crippen LogP contribution in [-0.4, -0.2) is 17.7 Å². The Morgan fingerprint density at radius 1 is 1.47 bits per heavy atom.